The molecule has 0 bridgehead atoms. The van der Waals surface area contributed by atoms with Gasteiger partial charge in [-0.25, -0.2) is 0 Å². The third kappa shape index (κ3) is 6.88. The van der Waals surface area contributed by atoms with Gasteiger partial charge in [0.15, 0.2) is 0 Å². The van der Waals surface area contributed by atoms with Crippen molar-refractivity contribution in [2.24, 2.45) is 5.92 Å². The zero-order valence-corrected chi connectivity index (χ0v) is 19.9. The molecule has 4 rings (SSSR count). The molecule has 2 aromatic carbocycles. The predicted molar refractivity (Wildman–Crippen MR) is 136 cm³/mol. The van der Waals surface area contributed by atoms with Gasteiger partial charge in [-0.2, -0.15) is 0 Å². The Morgan fingerprint density at radius 2 is 1.55 bits per heavy atom. The minimum absolute atomic E-state index is 0.342. The van der Waals surface area contributed by atoms with Crippen molar-refractivity contribution in [3.63, 3.8) is 0 Å². The molecule has 0 N–H and O–H groups in total. The highest BCUT2D eigenvalue weighted by molar-refractivity contribution is 5.63. The zero-order valence-electron chi connectivity index (χ0n) is 19.9. The maximum atomic E-state index is 10.5. The average Bonchev–Trinajstić information content (AvgIpc) is 3.29. The van der Waals surface area contributed by atoms with Crippen LogP contribution in [-0.2, 0) is 16.1 Å². The number of hydrogen-bond acceptors (Lipinski definition) is 3. The van der Waals surface area contributed by atoms with E-state index in [4.69, 9.17) is 4.74 Å². The summed E-state index contributed by atoms with van der Waals surface area (Å²) in [7, 11) is 0. The summed E-state index contributed by atoms with van der Waals surface area (Å²) < 4.78 is 6.57. The average molecular weight is 446 g/mol. The number of ether oxygens (including phenoxy) is 1. The molecule has 3 atom stereocenters. The number of hydrogen-bond donors (Lipinski definition) is 0. The molecule has 1 heterocycles. The van der Waals surface area contributed by atoms with Crippen LogP contribution >= 0.6 is 0 Å². The number of rotatable bonds is 11. The molecule has 2 aromatic rings. The van der Waals surface area contributed by atoms with Crippen molar-refractivity contribution in [1.29, 1.82) is 0 Å². The predicted octanol–water partition coefficient (Wildman–Crippen LogP) is 6.82. The van der Waals surface area contributed by atoms with Crippen LogP contribution in [0.3, 0.4) is 0 Å². The van der Waals surface area contributed by atoms with Crippen molar-refractivity contribution in [3.05, 3.63) is 72.3 Å². The van der Waals surface area contributed by atoms with Crippen LogP contribution in [0.4, 0.5) is 0 Å². The second-order valence-electron chi connectivity index (χ2n) is 9.61. The van der Waals surface area contributed by atoms with E-state index in [2.05, 4.69) is 71.6 Å². The lowest BCUT2D eigenvalue weighted by molar-refractivity contribution is -0.107. The molecule has 0 spiro atoms. The summed E-state index contributed by atoms with van der Waals surface area (Å²) >= 11 is 0. The van der Waals surface area contributed by atoms with E-state index in [1.54, 1.807) is 0 Å². The molecule has 1 saturated carbocycles. The Labute approximate surface area is 199 Å². The summed E-state index contributed by atoms with van der Waals surface area (Å²) in [5.74, 6) is 0.599. The molecule has 0 aromatic heterocycles. The Morgan fingerprint density at radius 1 is 0.818 bits per heavy atom. The number of piperidine rings is 1. The van der Waals surface area contributed by atoms with Crippen molar-refractivity contribution in [3.8, 4) is 11.1 Å². The molecule has 3 nitrogen and oxygen atoms in total. The molecule has 2 fully saturated rings. The van der Waals surface area contributed by atoms with E-state index < -0.39 is 0 Å². The number of likely N-dealkylation sites (tertiary alicyclic amines) is 1. The van der Waals surface area contributed by atoms with Gasteiger partial charge in [0.25, 0.3) is 0 Å². The van der Waals surface area contributed by atoms with E-state index in [-0.39, 0.29) is 0 Å². The van der Waals surface area contributed by atoms with E-state index in [0.29, 0.717) is 31.1 Å². The SMILES string of the molecule is O=CCCC=CCC[C@H]1[C@@H](OCc2ccc(-c3ccccc3)cc2)CC[C@@H]1N1CCCCC1. The molecule has 0 amide bonds. The van der Waals surface area contributed by atoms with Gasteiger partial charge >= 0.3 is 0 Å². The van der Waals surface area contributed by atoms with Gasteiger partial charge in [-0.15, -0.1) is 0 Å². The number of allylic oxidation sites excluding steroid dienone is 2. The van der Waals surface area contributed by atoms with Crippen molar-refractivity contribution < 1.29 is 9.53 Å². The third-order valence-electron chi connectivity index (χ3n) is 7.39. The van der Waals surface area contributed by atoms with E-state index in [0.717, 1.165) is 19.1 Å². The number of carbonyl (C=O) groups excluding carboxylic acids is 1. The van der Waals surface area contributed by atoms with Crippen LogP contribution in [0.1, 0.15) is 63.4 Å². The molecule has 176 valence electrons. The highest BCUT2D eigenvalue weighted by Crippen LogP contribution is 2.37. The molecule has 1 saturated heterocycles. The van der Waals surface area contributed by atoms with Crippen LogP contribution in [0.15, 0.2) is 66.7 Å². The maximum absolute atomic E-state index is 10.5. The normalized spacial score (nSPS) is 23.8. The van der Waals surface area contributed by atoms with Crippen LogP contribution in [0, 0.1) is 5.92 Å². The molecule has 33 heavy (non-hydrogen) atoms. The van der Waals surface area contributed by atoms with Crippen LogP contribution in [-0.4, -0.2) is 36.4 Å². The van der Waals surface area contributed by atoms with Gasteiger partial charge < -0.3 is 14.4 Å². The Hall–Kier alpha value is -2.23. The summed E-state index contributed by atoms with van der Waals surface area (Å²) in [6.07, 6.45) is 16.0. The Balaban J connectivity index is 1.34. The van der Waals surface area contributed by atoms with Crippen molar-refractivity contribution in [2.75, 3.05) is 13.1 Å². The molecule has 1 aliphatic carbocycles. The number of aldehydes is 1. The van der Waals surface area contributed by atoms with Gasteiger partial charge in [0.05, 0.1) is 12.7 Å². The highest BCUT2D eigenvalue weighted by Gasteiger charge is 2.39. The van der Waals surface area contributed by atoms with E-state index in [9.17, 15) is 4.79 Å². The second-order valence-corrected chi connectivity index (χ2v) is 9.61. The lowest BCUT2D eigenvalue weighted by Crippen LogP contribution is -2.43. The van der Waals surface area contributed by atoms with Gasteiger partial charge in [-0.3, -0.25) is 0 Å². The standard InChI is InChI=1S/C30H39NO2/c32-23-11-3-1-2-8-14-28-29(31-21-9-5-10-22-31)19-20-30(28)33-24-25-15-17-27(18-16-25)26-12-6-4-7-13-26/h1-2,4,6-7,12-13,15-18,23,28-30H,3,5,8-11,14,19-22,24H2/t28-,29+,30+/m1/s1. The fraction of sp³-hybridized carbons (Fsp3) is 0.500. The molecule has 3 heteroatoms. The van der Waals surface area contributed by atoms with Crippen molar-refractivity contribution in [2.45, 2.75) is 76.5 Å². The Morgan fingerprint density at radius 3 is 2.30 bits per heavy atom. The van der Waals surface area contributed by atoms with Crippen LogP contribution in [0.2, 0.25) is 0 Å². The summed E-state index contributed by atoms with van der Waals surface area (Å²) in [4.78, 5) is 13.3. The van der Waals surface area contributed by atoms with Gasteiger partial charge in [0.1, 0.15) is 6.29 Å². The first-order chi connectivity index (χ1) is 16.3. The molecular weight excluding hydrogens is 406 g/mol. The quantitative estimate of drug-likeness (QED) is 0.216. The lowest BCUT2D eigenvalue weighted by Gasteiger charge is -2.37. The fourth-order valence-electron chi connectivity index (χ4n) is 5.62. The summed E-state index contributed by atoms with van der Waals surface area (Å²) in [6, 6.07) is 20.0. The lowest BCUT2D eigenvalue weighted by atomic mass is 9.93. The Bertz CT molecular complexity index is 855. The third-order valence-corrected chi connectivity index (χ3v) is 7.39. The van der Waals surface area contributed by atoms with Crippen molar-refractivity contribution >= 4 is 6.29 Å². The first-order valence-corrected chi connectivity index (χ1v) is 12.9. The minimum Gasteiger partial charge on any atom is -0.373 e. The largest absolute Gasteiger partial charge is 0.373 e. The molecule has 1 aliphatic heterocycles. The second kappa shape index (κ2) is 12.9. The van der Waals surface area contributed by atoms with Crippen LogP contribution in [0.5, 0.6) is 0 Å². The smallest absolute Gasteiger partial charge is 0.120 e. The summed E-state index contributed by atoms with van der Waals surface area (Å²) in [6.45, 7) is 3.20. The molecule has 2 aliphatic rings. The first-order valence-electron chi connectivity index (χ1n) is 12.9. The van der Waals surface area contributed by atoms with Crippen LogP contribution < -0.4 is 0 Å². The highest BCUT2D eigenvalue weighted by atomic mass is 16.5. The number of benzene rings is 2. The van der Waals surface area contributed by atoms with E-state index in [1.165, 1.54) is 68.3 Å². The Kier molecular flexibility index (Phi) is 9.32. The van der Waals surface area contributed by atoms with Crippen LogP contribution in [0.25, 0.3) is 11.1 Å². The van der Waals surface area contributed by atoms with Gasteiger partial charge in [0.2, 0.25) is 0 Å². The van der Waals surface area contributed by atoms with Crippen molar-refractivity contribution in [1.82, 2.24) is 4.90 Å². The van der Waals surface area contributed by atoms with E-state index in [1.807, 2.05) is 0 Å². The first kappa shape index (κ1) is 23.9. The minimum atomic E-state index is 0.342. The topological polar surface area (TPSA) is 29.5 Å². The summed E-state index contributed by atoms with van der Waals surface area (Å²) in [5.41, 5.74) is 3.76. The maximum Gasteiger partial charge on any atom is 0.120 e. The molecule has 0 unspecified atom stereocenters. The number of carbonyl (C=O) groups is 1. The number of nitrogens with zero attached hydrogens (tertiary/aromatic N) is 1. The van der Waals surface area contributed by atoms with E-state index >= 15 is 0 Å². The summed E-state index contributed by atoms with van der Waals surface area (Å²) in [5, 5.41) is 0. The van der Waals surface area contributed by atoms with Gasteiger partial charge in [-0.1, -0.05) is 73.2 Å². The fourth-order valence-corrected chi connectivity index (χ4v) is 5.62. The molecular formula is C30H39NO2. The number of unbranched alkanes of at least 4 members (excludes halogenated alkanes) is 1. The monoisotopic (exact) mass is 445 g/mol. The molecule has 0 radical (unpaired) electrons. The van der Waals surface area contributed by atoms with Gasteiger partial charge in [0, 0.05) is 18.4 Å². The zero-order chi connectivity index (χ0) is 22.7. The van der Waals surface area contributed by atoms with Gasteiger partial charge in [-0.05, 0) is 74.7 Å².